The van der Waals surface area contributed by atoms with E-state index in [0.29, 0.717) is 0 Å². The lowest BCUT2D eigenvalue weighted by molar-refractivity contribution is -0.118. The van der Waals surface area contributed by atoms with Gasteiger partial charge in [-0.05, 0) is 17.7 Å². The van der Waals surface area contributed by atoms with E-state index in [1.807, 2.05) is 30.3 Å². The largest absolute Gasteiger partial charge is 0.316 e. The summed E-state index contributed by atoms with van der Waals surface area (Å²) in [6.07, 6.45) is 0.232. The molecule has 0 bridgehead atoms. The number of anilines is 1. The molecule has 0 atom stereocenters. The highest BCUT2D eigenvalue weighted by molar-refractivity contribution is 5.92. The molecule has 5 nitrogen and oxygen atoms in total. The van der Waals surface area contributed by atoms with Crippen LogP contribution in [0.4, 0.5) is 5.69 Å². The molecule has 15 heavy (non-hydrogen) atoms. The molecule has 1 aromatic carbocycles. The molecule has 0 aromatic heterocycles. The van der Waals surface area contributed by atoms with Gasteiger partial charge in [0.25, 0.3) is 0 Å². The fraction of sp³-hybridized carbons (Fsp3) is 0.300. The summed E-state index contributed by atoms with van der Waals surface area (Å²) in [6.45, 7) is 0.201. The quantitative estimate of drug-likeness (QED) is 0.421. The molecule has 1 rings (SSSR count). The summed E-state index contributed by atoms with van der Waals surface area (Å²) in [5, 5.41) is 3.32. The van der Waals surface area contributed by atoms with Gasteiger partial charge in [-0.3, -0.25) is 4.79 Å². The lowest BCUT2D eigenvalue weighted by Gasteiger charge is -2.16. The zero-order valence-electron chi connectivity index (χ0n) is 8.50. The molecule has 0 radical (unpaired) electrons. The molecule has 0 aliphatic carbocycles. The second kappa shape index (κ2) is 5.67. The van der Waals surface area contributed by atoms with E-state index < -0.39 is 0 Å². The van der Waals surface area contributed by atoms with Crippen LogP contribution in [-0.4, -0.2) is 19.5 Å². The Hall–Kier alpha value is -2.00. The molecule has 1 amide bonds. The van der Waals surface area contributed by atoms with Crippen LogP contribution in [-0.2, 0) is 4.79 Å². The summed E-state index contributed by atoms with van der Waals surface area (Å²) in [5.74, 6) is -0.0615. The summed E-state index contributed by atoms with van der Waals surface area (Å²) in [4.78, 5) is 15.7. The molecule has 1 aromatic rings. The first-order chi connectivity index (χ1) is 7.25. The lowest BCUT2D eigenvalue weighted by Crippen LogP contribution is -2.26. The minimum atomic E-state index is -0.0615. The first kappa shape index (κ1) is 11.1. The molecule has 78 valence electrons. The van der Waals surface area contributed by atoms with Gasteiger partial charge in [0.05, 0.1) is 0 Å². The monoisotopic (exact) mass is 204 g/mol. The molecule has 0 fully saturated rings. The van der Waals surface area contributed by atoms with Gasteiger partial charge in [-0.15, -0.1) is 0 Å². The van der Waals surface area contributed by atoms with Crippen LogP contribution in [0.25, 0.3) is 10.4 Å². The highest BCUT2D eigenvalue weighted by atomic mass is 16.2. The van der Waals surface area contributed by atoms with Gasteiger partial charge in [-0.1, -0.05) is 23.3 Å². The smallest absolute Gasteiger partial charge is 0.226 e. The number of azide groups is 1. The van der Waals surface area contributed by atoms with Gasteiger partial charge in [0.1, 0.15) is 0 Å². The van der Waals surface area contributed by atoms with E-state index in [-0.39, 0.29) is 18.9 Å². The topological polar surface area (TPSA) is 69.1 Å². The van der Waals surface area contributed by atoms with Gasteiger partial charge >= 0.3 is 0 Å². The van der Waals surface area contributed by atoms with E-state index in [9.17, 15) is 4.79 Å². The predicted octanol–water partition coefficient (Wildman–Crippen LogP) is 2.35. The van der Waals surface area contributed by atoms with Crippen LogP contribution in [0.3, 0.4) is 0 Å². The summed E-state index contributed by atoms with van der Waals surface area (Å²) < 4.78 is 0. The van der Waals surface area contributed by atoms with E-state index >= 15 is 0 Å². The van der Waals surface area contributed by atoms with Crippen molar-refractivity contribution in [3.05, 3.63) is 40.8 Å². The number of para-hydroxylation sites is 1. The summed E-state index contributed by atoms with van der Waals surface area (Å²) >= 11 is 0. The molecule has 0 heterocycles. The molecule has 0 saturated heterocycles. The molecular weight excluding hydrogens is 192 g/mol. The number of carbonyl (C=O) groups is 1. The van der Waals surface area contributed by atoms with Crippen LogP contribution in [0.2, 0.25) is 0 Å². The highest BCUT2D eigenvalue weighted by Crippen LogP contribution is 2.11. The van der Waals surface area contributed by atoms with Crippen molar-refractivity contribution in [3.63, 3.8) is 0 Å². The Kier molecular flexibility index (Phi) is 4.19. The van der Waals surface area contributed by atoms with E-state index in [1.54, 1.807) is 11.9 Å². The normalized spacial score (nSPS) is 9.13. The molecular formula is C10H12N4O. The maximum atomic E-state index is 11.6. The van der Waals surface area contributed by atoms with E-state index in [2.05, 4.69) is 10.0 Å². The van der Waals surface area contributed by atoms with Crippen molar-refractivity contribution in [2.45, 2.75) is 6.42 Å². The zero-order valence-corrected chi connectivity index (χ0v) is 8.50. The minimum Gasteiger partial charge on any atom is -0.316 e. The zero-order chi connectivity index (χ0) is 11.1. The Morgan fingerprint density at radius 2 is 2.13 bits per heavy atom. The van der Waals surface area contributed by atoms with Gasteiger partial charge in [0, 0.05) is 30.6 Å². The number of nitrogens with zero attached hydrogens (tertiary/aromatic N) is 4. The van der Waals surface area contributed by atoms with E-state index in [4.69, 9.17) is 5.53 Å². The molecule has 0 aliphatic rings. The second-order valence-corrected chi connectivity index (χ2v) is 2.99. The third kappa shape index (κ3) is 3.32. The molecule has 0 unspecified atom stereocenters. The van der Waals surface area contributed by atoms with Crippen LogP contribution in [0.1, 0.15) is 6.42 Å². The maximum Gasteiger partial charge on any atom is 0.226 e. The van der Waals surface area contributed by atoms with Crippen LogP contribution >= 0.6 is 0 Å². The Labute approximate surface area is 87.9 Å². The maximum absolute atomic E-state index is 11.6. The number of hydrogen-bond donors (Lipinski definition) is 0. The average molecular weight is 204 g/mol. The summed E-state index contributed by atoms with van der Waals surface area (Å²) in [7, 11) is 1.70. The van der Waals surface area contributed by atoms with Crippen molar-refractivity contribution in [2.24, 2.45) is 5.11 Å². The average Bonchev–Trinajstić information content (AvgIpc) is 2.29. The molecule has 0 N–H and O–H groups in total. The fourth-order valence-electron chi connectivity index (χ4n) is 1.15. The highest BCUT2D eigenvalue weighted by Gasteiger charge is 2.08. The van der Waals surface area contributed by atoms with Crippen molar-refractivity contribution < 1.29 is 4.79 Å². The third-order valence-corrected chi connectivity index (χ3v) is 2.01. The van der Waals surface area contributed by atoms with Crippen LogP contribution in [0.15, 0.2) is 35.4 Å². The summed E-state index contributed by atoms with van der Waals surface area (Å²) in [6, 6.07) is 9.33. The Morgan fingerprint density at radius 1 is 1.47 bits per heavy atom. The minimum absolute atomic E-state index is 0.0615. The SMILES string of the molecule is CN(C(=O)CCN=[N+]=[N-])c1ccccc1. The number of rotatable bonds is 4. The third-order valence-electron chi connectivity index (χ3n) is 2.01. The second-order valence-electron chi connectivity index (χ2n) is 2.99. The Balaban J connectivity index is 2.57. The standard InChI is InChI=1S/C10H12N4O/c1-14(9-5-3-2-4-6-9)10(15)7-8-12-13-11/h2-6H,7-8H2,1H3. The predicted molar refractivity (Wildman–Crippen MR) is 58.5 cm³/mol. The molecule has 0 saturated carbocycles. The van der Waals surface area contributed by atoms with Crippen molar-refractivity contribution in [2.75, 3.05) is 18.5 Å². The number of benzene rings is 1. The molecule has 5 heteroatoms. The van der Waals surface area contributed by atoms with Gasteiger partial charge in [-0.25, -0.2) is 0 Å². The van der Waals surface area contributed by atoms with Crippen molar-refractivity contribution in [1.29, 1.82) is 0 Å². The van der Waals surface area contributed by atoms with E-state index in [0.717, 1.165) is 5.69 Å². The number of hydrogen-bond acceptors (Lipinski definition) is 2. The van der Waals surface area contributed by atoms with Gasteiger partial charge in [0.2, 0.25) is 5.91 Å². The molecule has 0 aliphatic heterocycles. The van der Waals surface area contributed by atoms with Crippen molar-refractivity contribution in [3.8, 4) is 0 Å². The van der Waals surface area contributed by atoms with E-state index in [1.165, 1.54) is 0 Å². The van der Waals surface area contributed by atoms with Gasteiger partial charge < -0.3 is 4.90 Å². The first-order valence-corrected chi connectivity index (χ1v) is 4.58. The van der Waals surface area contributed by atoms with Crippen molar-refractivity contribution >= 4 is 11.6 Å². The first-order valence-electron chi connectivity index (χ1n) is 4.58. The Morgan fingerprint density at radius 3 is 2.73 bits per heavy atom. The van der Waals surface area contributed by atoms with Crippen molar-refractivity contribution in [1.82, 2.24) is 0 Å². The van der Waals surface area contributed by atoms with Gasteiger partial charge in [-0.2, -0.15) is 0 Å². The number of amides is 1. The summed E-state index contributed by atoms with van der Waals surface area (Å²) in [5.41, 5.74) is 8.90. The number of carbonyl (C=O) groups excluding carboxylic acids is 1. The Bertz CT molecular complexity index is 370. The van der Waals surface area contributed by atoms with Gasteiger partial charge in [0.15, 0.2) is 0 Å². The van der Waals surface area contributed by atoms with Crippen LogP contribution in [0, 0.1) is 0 Å². The molecule has 0 spiro atoms. The van der Waals surface area contributed by atoms with Crippen LogP contribution in [0.5, 0.6) is 0 Å². The fourth-order valence-corrected chi connectivity index (χ4v) is 1.15. The lowest BCUT2D eigenvalue weighted by atomic mass is 10.3. The van der Waals surface area contributed by atoms with Crippen LogP contribution < -0.4 is 4.90 Å².